The molecular formula is C12H9FN6O3. The zero-order valence-electron chi connectivity index (χ0n) is 11.0. The quantitative estimate of drug-likeness (QED) is 0.552. The number of nitro groups is 1. The second-order valence-corrected chi connectivity index (χ2v) is 4.32. The van der Waals surface area contributed by atoms with E-state index in [4.69, 9.17) is 10.5 Å². The molecule has 0 aliphatic carbocycles. The summed E-state index contributed by atoms with van der Waals surface area (Å²) in [6, 6.07) is 3.50. The Morgan fingerprint density at radius 1 is 1.41 bits per heavy atom. The van der Waals surface area contributed by atoms with Crippen LogP contribution in [0.5, 0.6) is 5.88 Å². The molecule has 112 valence electrons. The molecular weight excluding hydrogens is 294 g/mol. The number of hydrogen-bond donors (Lipinski definition) is 2. The van der Waals surface area contributed by atoms with Crippen molar-refractivity contribution in [1.82, 2.24) is 19.9 Å². The monoisotopic (exact) mass is 303 g/mol. The van der Waals surface area contributed by atoms with Crippen LogP contribution in [0, 0.1) is 15.9 Å². The van der Waals surface area contributed by atoms with E-state index in [2.05, 4.69) is 19.9 Å². The number of nitrogen functional groups attached to an aromatic ring is 1. The van der Waals surface area contributed by atoms with Crippen molar-refractivity contribution in [3.05, 3.63) is 46.0 Å². The Morgan fingerprint density at radius 2 is 2.23 bits per heavy atom. The Hall–Kier alpha value is -3.30. The van der Waals surface area contributed by atoms with Gasteiger partial charge in [-0.1, -0.05) is 6.07 Å². The predicted octanol–water partition coefficient (Wildman–Crippen LogP) is 1.56. The fraction of sp³-hybridized carbons (Fsp3) is 0.0833. The number of rotatable bonds is 4. The number of fused-ring (bicyclic) bond motifs is 1. The van der Waals surface area contributed by atoms with Crippen molar-refractivity contribution >= 4 is 22.8 Å². The molecule has 0 amide bonds. The third-order valence-corrected chi connectivity index (χ3v) is 2.85. The maximum Gasteiger partial charge on any atom is 0.305 e. The van der Waals surface area contributed by atoms with Gasteiger partial charge in [0.25, 0.3) is 0 Å². The fourth-order valence-electron chi connectivity index (χ4n) is 1.87. The maximum absolute atomic E-state index is 13.3. The Morgan fingerprint density at radius 3 is 3.00 bits per heavy atom. The normalized spacial score (nSPS) is 10.8. The van der Waals surface area contributed by atoms with E-state index in [-0.39, 0.29) is 18.4 Å². The van der Waals surface area contributed by atoms with Crippen LogP contribution in [0.1, 0.15) is 5.56 Å². The van der Waals surface area contributed by atoms with Gasteiger partial charge in [-0.2, -0.15) is 14.4 Å². The number of nitrogens with two attached hydrogens (primary N) is 1. The number of aromatic nitrogens is 4. The number of nitrogens with zero attached hydrogens (tertiary/aromatic N) is 4. The number of halogens is 1. The van der Waals surface area contributed by atoms with Gasteiger partial charge in [0.2, 0.25) is 17.6 Å². The molecule has 0 saturated carbocycles. The van der Waals surface area contributed by atoms with Gasteiger partial charge in [-0.25, -0.2) is 4.98 Å². The second kappa shape index (κ2) is 5.24. The summed E-state index contributed by atoms with van der Waals surface area (Å²) >= 11 is 0. The van der Waals surface area contributed by atoms with Crippen LogP contribution in [0.15, 0.2) is 24.5 Å². The summed E-state index contributed by atoms with van der Waals surface area (Å²) < 4.78 is 18.7. The molecule has 0 saturated heterocycles. The van der Waals surface area contributed by atoms with E-state index in [1.807, 2.05) is 0 Å². The van der Waals surface area contributed by atoms with Crippen LogP contribution in [0.3, 0.4) is 0 Å². The van der Waals surface area contributed by atoms with Gasteiger partial charge in [-0.3, -0.25) is 10.1 Å². The Kier molecular flexibility index (Phi) is 3.26. The van der Waals surface area contributed by atoms with Crippen LogP contribution in [0.2, 0.25) is 0 Å². The first-order valence-electron chi connectivity index (χ1n) is 6.07. The highest BCUT2D eigenvalue weighted by atomic mass is 18.2. The van der Waals surface area contributed by atoms with Crippen molar-refractivity contribution in [3.63, 3.8) is 0 Å². The van der Waals surface area contributed by atoms with Crippen molar-refractivity contribution in [2.75, 3.05) is 5.73 Å². The minimum atomic E-state index is -0.906. The SMILES string of the molecule is Nc1nc(OCc2ccc([18F])c([N+](=O)[O-])c2)c2[nH]cnc2n1. The number of nitrogens with one attached hydrogen (secondary N) is 1. The first kappa shape index (κ1) is 13.7. The number of aromatic amines is 1. The third kappa shape index (κ3) is 2.49. The molecule has 0 unspecified atom stereocenters. The molecule has 3 N–H and O–H groups in total. The Labute approximate surface area is 122 Å². The van der Waals surface area contributed by atoms with Crippen molar-refractivity contribution in [3.8, 4) is 5.88 Å². The molecule has 0 aliphatic heterocycles. The van der Waals surface area contributed by atoms with Crippen molar-refractivity contribution in [1.29, 1.82) is 0 Å². The summed E-state index contributed by atoms with van der Waals surface area (Å²) in [5, 5.41) is 10.7. The highest BCUT2D eigenvalue weighted by Gasteiger charge is 2.15. The van der Waals surface area contributed by atoms with Crippen LogP contribution < -0.4 is 10.5 Å². The molecule has 3 rings (SSSR count). The second-order valence-electron chi connectivity index (χ2n) is 4.32. The first-order chi connectivity index (χ1) is 10.5. The summed E-state index contributed by atoms with van der Waals surface area (Å²) in [6.07, 6.45) is 1.41. The molecule has 0 spiro atoms. The summed E-state index contributed by atoms with van der Waals surface area (Å²) in [7, 11) is 0. The minimum absolute atomic E-state index is 0.0142. The van der Waals surface area contributed by atoms with Crippen molar-refractivity contribution in [2.45, 2.75) is 6.61 Å². The number of H-pyrrole nitrogens is 1. The molecule has 0 fully saturated rings. The van der Waals surface area contributed by atoms with E-state index in [9.17, 15) is 14.5 Å². The molecule has 0 bridgehead atoms. The standard InChI is InChI=1S/C12H9FN6O3/c13-7-2-1-6(3-8(7)19(20)21)4-22-11-9-10(16-5-15-9)17-12(14)18-11/h1-3,5H,4H2,(H3,14,15,16,17,18)/i13-1. The van der Waals surface area contributed by atoms with E-state index in [1.165, 1.54) is 12.4 Å². The minimum Gasteiger partial charge on any atom is -0.471 e. The molecule has 22 heavy (non-hydrogen) atoms. The number of anilines is 1. The predicted molar refractivity (Wildman–Crippen MR) is 73.5 cm³/mol. The lowest BCUT2D eigenvalue weighted by molar-refractivity contribution is -0.387. The van der Waals surface area contributed by atoms with E-state index in [0.717, 1.165) is 12.1 Å². The Balaban J connectivity index is 1.87. The van der Waals surface area contributed by atoms with Gasteiger partial charge in [0.05, 0.1) is 11.3 Å². The average Bonchev–Trinajstić information content (AvgIpc) is 2.93. The largest absolute Gasteiger partial charge is 0.471 e. The fourth-order valence-corrected chi connectivity index (χ4v) is 1.87. The topological polar surface area (TPSA) is 133 Å². The Bertz CT molecular complexity index is 865. The molecule has 0 radical (unpaired) electrons. The van der Waals surface area contributed by atoms with Crippen LogP contribution in [0.4, 0.5) is 16.0 Å². The van der Waals surface area contributed by atoms with Crippen molar-refractivity contribution < 1.29 is 14.1 Å². The number of imidazole rings is 1. The van der Waals surface area contributed by atoms with Gasteiger partial charge >= 0.3 is 5.69 Å². The van der Waals surface area contributed by atoms with Crippen LogP contribution in [0.25, 0.3) is 11.2 Å². The zero-order valence-corrected chi connectivity index (χ0v) is 11.0. The molecule has 10 heteroatoms. The highest BCUT2D eigenvalue weighted by molar-refractivity contribution is 5.76. The summed E-state index contributed by atoms with van der Waals surface area (Å²) in [5.74, 6) is -0.761. The number of hydrogen-bond acceptors (Lipinski definition) is 7. The van der Waals surface area contributed by atoms with Gasteiger partial charge in [-0.05, 0) is 11.6 Å². The number of nitro benzene ring substituents is 1. The van der Waals surface area contributed by atoms with E-state index in [1.54, 1.807) is 0 Å². The van der Waals surface area contributed by atoms with E-state index in [0.29, 0.717) is 16.7 Å². The lowest BCUT2D eigenvalue weighted by Gasteiger charge is -2.06. The van der Waals surface area contributed by atoms with E-state index < -0.39 is 16.4 Å². The van der Waals surface area contributed by atoms with Crippen LogP contribution in [-0.2, 0) is 6.61 Å². The summed E-state index contributed by atoms with van der Waals surface area (Å²) in [6.45, 7) is -0.0499. The molecule has 2 heterocycles. The third-order valence-electron chi connectivity index (χ3n) is 2.85. The molecule has 1 aromatic carbocycles. The lowest BCUT2D eigenvalue weighted by Crippen LogP contribution is -2.03. The highest BCUT2D eigenvalue weighted by Crippen LogP contribution is 2.23. The van der Waals surface area contributed by atoms with E-state index >= 15 is 0 Å². The molecule has 0 aliphatic rings. The smallest absolute Gasteiger partial charge is 0.305 e. The molecule has 3 aromatic rings. The first-order valence-corrected chi connectivity index (χ1v) is 6.07. The average molecular weight is 303 g/mol. The molecule has 0 atom stereocenters. The van der Waals surface area contributed by atoms with Gasteiger partial charge in [-0.15, -0.1) is 0 Å². The number of benzene rings is 1. The number of ether oxygens (including phenoxy) is 1. The van der Waals surface area contributed by atoms with Gasteiger partial charge < -0.3 is 15.5 Å². The van der Waals surface area contributed by atoms with Crippen LogP contribution >= 0.6 is 0 Å². The van der Waals surface area contributed by atoms with Gasteiger partial charge in [0, 0.05) is 6.07 Å². The summed E-state index contributed by atoms with van der Waals surface area (Å²) in [5.41, 5.74) is 6.13. The lowest BCUT2D eigenvalue weighted by atomic mass is 10.2. The van der Waals surface area contributed by atoms with Crippen molar-refractivity contribution in [2.24, 2.45) is 0 Å². The van der Waals surface area contributed by atoms with Crippen LogP contribution in [-0.4, -0.2) is 24.9 Å². The summed E-state index contributed by atoms with van der Waals surface area (Å²) in [4.78, 5) is 24.5. The molecule has 2 aromatic heterocycles. The van der Waals surface area contributed by atoms with Gasteiger partial charge in [0.15, 0.2) is 5.65 Å². The van der Waals surface area contributed by atoms with Gasteiger partial charge in [0.1, 0.15) is 12.1 Å². The molecule has 9 nitrogen and oxygen atoms in total. The zero-order chi connectivity index (χ0) is 15.7. The maximum atomic E-state index is 13.3.